The number of aromatic nitrogens is 6. The molecule has 8 rings (SSSR count). The van der Waals surface area contributed by atoms with Crippen LogP contribution in [0.4, 0.5) is 8.78 Å². The van der Waals surface area contributed by atoms with Gasteiger partial charge in [-0.2, -0.15) is 18.6 Å². The lowest BCUT2D eigenvalue weighted by Crippen LogP contribution is -2.32. The number of carboxylic acids is 1. The number of amides is 1. The summed E-state index contributed by atoms with van der Waals surface area (Å²) >= 11 is 0. The quantitative estimate of drug-likeness (QED) is 0.0931. The fourth-order valence-corrected chi connectivity index (χ4v) is 8.58. The molecule has 21 heteroatoms. The van der Waals surface area contributed by atoms with E-state index in [1.165, 1.54) is 56.8 Å². The third-order valence-corrected chi connectivity index (χ3v) is 12.8. The number of hydrogen-bond acceptors (Lipinski definition) is 12. The van der Waals surface area contributed by atoms with Crippen molar-refractivity contribution in [2.75, 3.05) is 14.2 Å². The highest BCUT2D eigenvalue weighted by atomic mass is 32.2. The van der Waals surface area contributed by atoms with Crippen LogP contribution in [-0.4, -0.2) is 77.6 Å². The summed E-state index contributed by atoms with van der Waals surface area (Å²) in [6.45, 7) is 7.59. The first-order chi connectivity index (χ1) is 31.7. The monoisotopic (exact) mass is 962 g/mol. The van der Waals surface area contributed by atoms with Gasteiger partial charge in [-0.3, -0.25) is 19.0 Å². The van der Waals surface area contributed by atoms with Crippen molar-refractivity contribution >= 4 is 31.9 Å². The van der Waals surface area contributed by atoms with Crippen LogP contribution >= 0.6 is 0 Å². The molecule has 17 nitrogen and oxygen atoms in total. The topological polar surface area (TPSA) is 241 Å². The average Bonchev–Trinajstić information content (AvgIpc) is 4.20. The minimum absolute atomic E-state index is 0.0209. The van der Waals surface area contributed by atoms with E-state index in [2.05, 4.69) is 24.9 Å². The molecule has 356 valence electrons. The maximum atomic E-state index is 14.5. The molecule has 2 fully saturated rings. The molecule has 2 aliphatic rings. The van der Waals surface area contributed by atoms with E-state index in [9.17, 15) is 40.3 Å². The standard InChI is InChI=1S/C23H25FN4O4S.C17H18FNO3.C6H9N3O2S/c1-14(2)18-11-16(24)12-19(15-6-8-25-22(10-15)32-3)20(18)13-21(29)27-33(30,31)23-7-9-28(26-23)17-4-5-17;1-10(2)13-7-12(18)8-14(15(13)9-17(20)21)11-4-5-19-16(6-11)22-3;7-12(10,11)6-3-4-9(8-6)5-1-2-5/h6-12,14,17H,4-5,13H2,1-3H3,(H,27,29);4-8,10H,9H2,1-3H3,(H,20,21);3-5H,1-2H2,(H2,7,10,11). The van der Waals surface area contributed by atoms with Crippen molar-refractivity contribution < 1.29 is 49.8 Å². The SMILES string of the molecule is COc1cc(-c2cc(F)cc(C(C)C)c2CC(=O)NS(=O)(=O)c2ccn(C3CC3)n2)ccn1.COc1cc(-c2cc(F)cc(C(C)C)c2CC(=O)O)ccn1.NS(=O)(=O)c1ccn(C2CC2)n1. The van der Waals surface area contributed by atoms with Crippen molar-refractivity contribution in [2.45, 2.75) is 100 Å². The summed E-state index contributed by atoms with van der Waals surface area (Å²) in [5.41, 5.74) is 4.81. The largest absolute Gasteiger partial charge is 0.481 e. The first-order valence-electron chi connectivity index (χ1n) is 21.2. The molecule has 0 spiro atoms. The number of sulfonamides is 2. The molecule has 0 atom stereocenters. The number of carbonyl (C=O) groups is 2. The third kappa shape index (κ3) is 13.1. The average molecular weight is 963 g/mol. The molecular formula is C46H52F2N8O9S2. The van der Waals surface area contributed by atoms with Gasteiger partial charge >= 0.3 is 5.97 Å². The summed E-state index contributed by atoms with van der Waals surface area (Å²) < 4.78 is 91.1. The molecular weight excluding hydrogens is 911 g/mol. The normalized spacial score (nSPS) is 13.6. The molecule has 0 aliphatic heterocycles. The van der Waals surface area contributed by atoms with Gasteiger partial charge in [0.1, 0.15) is 11.6 Å². The molecule has 2 aromatic carbocycles. The Morgan fingerprint density at radius 2 is 1.15 bits per heavy atom. The first kappa shape index (κ1) is 49.8. The van der Waals surface area contributed by atoms with Crippen LogP contribution in [0, 0.1) is 11.6 Å². The summed E-state index contributed by atoms with van der Waals surface area (Å²) in [6.07, 6.45) is 9.98. The van der Waals surface area contributed by atoms with Gasteiger partial charge in [-0.25, -0.2) is 37.0 Å². The number of hydrogen-bond donors (Lipinski definition) is 3. The fourth-order valence-electron chi connectivity index (χ4n) is 7.20. The van der Waals surface area contributed by atoms with E-state index in [1.54, 1.807) is 52.2 Å². The number of pyridine rings is 2. The summed E-state index contributed by atoms with van der Waals surface area (Å²) in [4.78, 5) is 32.2. The Balaban J connectivity index is 0.000000186. The number of rotatable bonds is 15. The third-order valence-electron chi connectivity index (χ3n) is 10.7. The van der Waals surface area contributed by atoms with Crippen molar-refractivity contribution in [3.8, 4) is 34.0 Å². The zero-order chi connectivity index (χ0) is 48.8. The second-order valence-electron chi connectivity index (χ2n) is 16.6. The van der Waals surface area contributed by atoms with Gasteiger partial charge in [0.25, 0.3) is 20.0 Å². The Labute approximate surface area is 387 Å². The molecule has 2 saturated carbocycles. The van der Waals surface area contributed by atoms with Gasteiger partial charge in [0.2, 0.25) is 17.7 Å². The lowest BCUT2D eigenvalue weighted by atomic mass is 9.88. The molecule has 4 N–H and O–H groups in total. The number of benzene rings is 2. The number of carbonyl (C=O) groups excluding carboxylic acids is 1. The number of aliphatic carboxylic acids is 1. The summed E-state index contributed by atoms with van der Waals surface area (Å²) in [6, 6.07) is 15.6. The maximum Gasteiger partial charge on any atom is 0.307 e. The number of halogens is 2. The van der Waals surface area contributed by atoms with E-state index in [4.69, 9.17) is 14.6 Å². The van der Waals surface area contributed by atoms with Gasteiger partial charge in [0, 0.05) is 36.9 Å². The van der Waals surface area contributed by atoms with E-state index in [1.807, 2.05) is 27.7 Å². The smallest absolute Gasteiger partial charge is 0.307 e. The number of nitrogens with two attached hydrogens (primary N) is 1. The molecule has 1 amide bonds. The van der Waals surface area contributed by atoms with Crippen LogP contribution in [0.2, 0.25) is 0 Å². The molecule has 4 aromatic heterocycles. The Hall–Kier alpha value is -6.58. The van der Waals surface area contributed by atoms with Gasteiger partial charge in [0.15, 0.2) is 10.1 Å². The zero-order valence-electron chi connectivity index (χ0n) is 37.7. The van der Waals surface area contributed by atoms with E-state index >= 15 is 0 Å². The molecule has 4 heterocycles. The van der Waals surface area contributed by atoms with Crippen molar-refractivity contribution in [2.24, 2.45) is 5.14 Å². The Kier molecular flexibility index (Phi) is 15.6. The van der Waals surface area contributed by atoms with Crippen LogP contribution in [0.5, 0.6) is 11.8 Å². The molecule has 67 heavy (non-hydrogen) atoms. The molecule has 0 saturated heterocycles. The summed E-state index contributed by atoms with van der Waals surface area (Å²) in [5.74, 6) is -1.86. The summed E-state index contributed by atoms with van der Waals surface area (Å²) in [5, 5.41) is 21.8. The minimum Gasteiger partial charge on any atom is -0.481 e. The molecule has 0 bridgehead atoms. The number of nitrogens with one attached hydrogen (secondary N) is 1. The number of ether oxygens (including phenoxy) is 2. The molecule has 2 aliphatic carbocycles. The summed E-state index contributed by atoms with van der Waals surface area (Å²) in [7, 11) is -4.78. The van der Waals surface area contributed by atoms with E-state index in [-0.39, 0.29) is 46.6 Å². The highest BCUT2D eigenvalue weighted by Crippen LogP contribution is 2.37. The number of nitrogens with zero attached hydrogens (tertiary/aromatic N) is 6. The van der Waals surface area contributed by atoms with Gasteiger partial charge in [-0.05, 0) is 131 Å². The predicted molar refractivity (Wildman–Crippen MR) is 243 cm³/mol. The van der Waals surface area contributed by atoms with Crippen molar-refractivity contribution in [3.05, 3.63) is 119 Å². The van der Waals surface area contributed by atoms with Crippen LogP contribution in [0.1, 0.15) is 99.6 Å². The zero-order valence-corrected chi connectivity index (χ0v) is 39.3. The van der Waals surface area contributed by atoms with E-state index in [0.717, 1.165) is 25.7 Å². The van der Waals surface area contributed by atoms with Crippen LogP contribution in [0.15, 0.2) is 95.5 Å². The van der Waals surface area contributed by atoms with Crippen molar-refractivity contribution in [3.63, 3.8) is 0 Å². The van der Waals surface area contributed by atoms with E-state index in [0.29, 0.717) is 62.3 Å². The molecule has 6 aromatic rings. The molecule has 0 radical (unpaired) electrons. The Morgan fingerprint density at radius 1 is 0.716 bits per heavy atom. The minimum atomic E-state index is -4.13. The first-order valence-corrected chi connectivity index (χ1v) is 24.3. The predicted octanol–water partition coefficient (Wildman–Crippen LogP) is 7.11. The second kappa shape index (κ2) is 20.9. The maximum absolute atomic E-state index is 14.5. The second-order valence-corrected chi connectivity index (χ2v) is 19.7. The fraction of sp³-hybridized carbons (Fsp3) is 0.348. The molecule has 0 unspecified atom stereocenters. The number of primary sulfonamides is 1. The van der Waals surface area contributed by atoms with Crippen molar-refractivity contribution in [1.82, 2.24) is 34.3 Å². The van der Waals surface area contributed by atoms with Crippen molar-refractivity contribution in [1.29, 1.82) is 0 Å². The van der Waals surface area contributed by atoms with Crippen LogP contribution in [0.3, 0.4) is 0 Å². The highest BCUT2D eigenvalue weighted by Gasteiger charge is 2.29. The lowest BCUT2D eigenvalue weighted by Gasteiger charge is -2.18. The van der Waals surface area contributed by atoms with Gasteiger partial charge in [-0.15, -0.1) is 0 Å². The number of methoxy groups -OCH3 is 2. The van der Waals surface area contributed by atoms with E-state index < -0.39 is 37.7 Å². The highest BCUT2D eigenvalue weighted by molar-refractivity contribution is 7.90. The lowest BCUT2D eigenvalue weighted by molar-refractivity contribution is -0.136. The van der Waals surface area contributed by atoms with Gasteiger partial charge < -0.3 is 14.6 Å². The van der Waals surface area contributed by atoms with Crippen LogP contribution in [0.25, 0.3) is 22.3 Å². The van der Waals surface area contributed by atoms with Gasteiger partial charge in [0.05, 0.1) is 39.1 Å². The van der Waals surface area contributed by atoms with Crippen LogP contribution < -0.4 is 19.3 Å². The Bertz CT molecular complexity index is 2990. The number of carboxylic acid groups (broad SMARTS) is 1. The van der Waals surface area contributed by atoms with Crippen LogP contribution in [-0.2, 0) is 42.5 Å². The Morgan fingerprint density at radius 3 is 1.54 bits per heavy atom. The van der Waals surface area contributed by atoms with Gasteiger partial charge in [-0.1, -0.05) is 27.7 Å².